The predicted octanol–water partition coefficient (Wildman–Crippen LogP) is 5.84. The Kier molecular flexibility index (Phi) is 8.15. The molecule has 0 saturated heterocycles. The van der Waals surface area contributed by atoms with Crippen molar-refractivity contribution in [2.24, 2.45) is 5.10 Å². The van der Waals surface area contributed by atoms with Gasteiger partial charge in [-0.2, -0.15) is 9.78 Å². The molecular weight excluding hydrogens is 597 g/mol. The van der Waals surface area contributed by atoms with Gasteiger partial charge in [0.15, 0.2) is 11.9 Å². The van der Waals surface area contributed by atoms with E-state index in [4.69, 9.17) is 19.6 Å². The highest BCUT2D eigenvalue weighted by Crippen LogP contribution is 2.34. The highest BCUT2D eigenvalue weighted by Gasteiger charge is 2.19. The van der Waals surface area contributed by atoms with E-state index in [0.29, 0.717) is 28.0 Å². The van der Waals surface area contributed by atoms with Crippen molar-refractivity contribution >= 4 is 45.7 Å². The average Bonchev–Trinajstić information content (AvgIpc) is 2.89. The van der Waals surface area contributed by atoms with Gasteiger partial charge in [-0.15, -0.1) is 0 Å². The zero-order valence-corrected chi connectivity index (χ0v) is 23.9. The first kappa shape index (κ1) is 27.3. The molecule has 0 fully saturated rings. The average molecular weight is 625 g/mol. The number of hydrogen-bond donors (Lipinski definition) is 1. The van der Waals surface area contributed by atoms with Crippen molar-refractivity contribution in [3.63, 3.8) is 0 Å². The van der Waals surface area contributed by atoms with Crippen LogP contribution < -0.4 is 15.0 Å². The molecule has 1 atom stereocenters. The van der Waals surface area contributed by atoms with Gasteiger partial charge in [-0.05, 0) is 102 Å². The second-order valence-corrected chi connectivity index (χ2v) is 10.3. The van der Waals surface area contributed by atoms with Crippen LogP contribution in [0.3, 0.4) is 0 Å². The summed E-state index contributed by atoms with van der Waals surface area (Å²) in [6.45, 7) is 7.60. The van der Waals surface area contributed by atoms with E-state index in [9.17, 15) is 9.59 Å². The summed E-state index contributed by atoms with van der Waals surface area (Å²) in [6, 6.07) is 16.4. The maximum absolute atomic E-state index is 13.6. The van der Waals surface area contributed by atoms with Gasteiger partial charge in [-0.3, -0.25) is 4.79 Å². The third-order valence-corrected chi connectivity index (χ3v) is 6.97. The van der Waals surface area contributed by atoms with Crippen LogP contribution in [-0.4, -0.2) is 40.2 Å². The molecule has 0 aliphatic carbocycles. The van der Waals surface area contributed by atoms with Crippen molar-refractivity contribution in [3.05, 3.63) is 85.2 Å². The molecule has 0 radical (unpaired) electrons. The lowest BCUT2D eigenvalue weighted by Gasteiger charge is -2.17. The molecule has 0 aliphatic heterocycles. The first-order chi connectivity index (χ1) is 18.1. The van der Waals surface area contributed by atoms with E-state index in [1.165, 1.54) is 11.6 Å². The summed E-state index contributed by atoms with van der Waals surface area (Å²) in [4.78, 5) is 29.6. The molecule has 0 spiro atoms. The number of fused-ring (bicyclic) bond motifs is 1. The lowest BCUT2D eigenvalue weighted by Crippen LogP contribution is -2.23. The van der Waals surface area contributed by atoms with Crippen LogP contribution in [0.1, 0.15) is 43.4 Å². The minimum absolute atomic E-state index is 0.195. The molecule has 9 heteroatoms. The quantitative estimate of drug-likeness (QED) is 0.195. The Morgan fingerprint density at radius 3 is 2.50 bits per heavy atom. The molecule has 196 valence electrons. The van der Waals surface area contributed by atoms with Gasteiger partial charge in [-0.1, -0.05) is 26.0 Å². The fourth-order valence-corrected chi connectivity index (χ4v) is 4.70. The van der Waals surface area contributed by atoms with E-state index >= 15 is 0 Å². The van der Waals surface area contributed by atoms with Crippen LogP contribution in [0.25, 0.3) is 22.3 Å². The number of halogens is 1. The highest BCUT2D eigenvalue weighted by atomic mass is 127. The van der Waals surface area contributed by atoms with Crippen molar-refractivity contribution in [1.29, 1.82) is 0 Å². The number of rotatable bonds is 8. The fraction of sp³-hybridized carbons (Fsp3) is 0.241. The summed E-state index contributed by atoms with van der Waals surface area (Å²) in [5, 5.41) is 14.2. The zero-order valence-electron chi connectivity index (χ0n) is 21.7. The molecule has 0 aliphatic rings. The molecule has 8 nitrogen and oxygen atoms in total. The third-order valence-electron chi connectivity index (χ3n) is 6.12. The van der Waals surface area contributed by atoms with Gasteiger partial charge >= 0.3 is 5.97 Å². The molecular formula is C29H28IN3O5. The molecule has 1 N–H and O–H groups in total. The van der Waals surface area contributed by atoms with Crippen molar-refractivity contribution < 1.29 is 19.4 Å². The first-order valence-corrected chi connectivity index (χ1v) is 13.1. The van der Waals surface area contributed by atoms with Crippen molar-refractivity contribution in [3.8, 4) is 22.9 Å². The number of para-hydroxylation sites is 1. The molecule has 0 unspecified atom stereocenters. The van der Waals surface area contributed by atoms with Crippen LogP contribution in [0, 0.1) is 10.5 Å². The normalized spacial score (nSPS) is 12.3. The summed E-state index contributed by atoms with van der Waals surface area (Å²) in [5.74, 6) is 0.820. The van der Waals surface area contributed by atoms with Crippen molar-refractivity contribution in [1.82, 2.24) is 9.66 Å². The molecule has 0 saturated carbocycles. The van der Waals surface area contributed by atoms with Crippen LogP contribution in [-0.2, 0) is 4.79 Å². The summed E-state index contributed by atoms with van der Waals surface area (Å²) in [6.07, 6.45) is 0.604. The predicted molar refractivity (Wildman–Crippen MR) is 157 cm³/mol. The maximum Gasteiger partial charge on any atom is 0.344 e. The molecule has 4 rings (SSSR count). The minimum Gasteiger partial charge on any atom is -0.496 e. The lowest BCUT2D eigenvalue weighted by molar-refractivity contribution is -0.144. The smallest absolute Gasteiger partial charge is 0.344 e. The molecule has 0 bridgehead atoms. The molecule has 0 amide bonds. The van der Waals surface area contributed by atoms with E-state index in [1.54, 1.807) is 37.6 Å². The van der Waals surface area contributed by atoms with Crippen LogP contribution in [0.15, 0.2) is 64.5 Å². The summed E-state index contributed by atoms with van der Waals surface area (Å²) in [5.41, 5.74) is 3.71. The Morgan fingerprint density at radius 2 is 1.84 bits per heavy atom. The zero-order chi connectivity index (χ0) is 27.6. The highest BCUT2D eigenvalue weighted by molar-refractivity contribution is 14.1. The lowest BCUT2D eigenvalue weighted by atomic mass is 9.96. The number of hydrogen-bond acceptors (Lipinski definition) is 6. The van der Waals surface area contributed by atoms with Gasteiger partial charge in [0.25, 0.3) is 5.56 Å². The van der Waals surface area contributed by atoms with E-state index < -0.39 is 12.1 Å². The largest absolute Gasteiger partial charge is 0.496 e. The fourth-order valence-electron chi connectivity index (χ4n) is 4.03. The number of aliphatic carboxylic acids is 1. The van der Waals surface area contributed by atoms with E-state index in [2.05, 4.69) is 41.5 Å². The number of methoxy groups -OCH3 is 1. The summed E-state index contributed by atoms with van der Waals surface area (Å²) < 4.78 is 13.2. The van der Waals surface area contributed by atoms with E-state index in [1.807, 2.05) is 37.3 Å². The number of aryl methyl sites for hydroxylation is 1. The Labute approximate surface area is 234 Å². The van der Waals surface area contributed by atoms with Crippen molar-refractivity contribution in [2.45, 2.75) is 39.7 Å². The van der Waals surface area contributed by atoms with Crippen LogP contribution in [0.4, 0.5) is 0 Å². The maximum atomic E-state index is 13.6. The standard InChI is InChI=1S/C29H28IN3O5/c1-16(2)21-14-22(17(3)12-26(21)37-5)27-32-24-9-7-6-8-20(24)28(34)33(27)31-15-19-10-11-25(23(30)13-19)38-18(4)29(35)36/h6-16,18H,1-5H3,(H,35,36)/t18-/m0/s1. The van der Waals surface area contributed by atoms with Gasteiger partial charge in [0.1, 0.15) is 11.5 Å². The molecule has 38 heavy (non-hydrogen) atoms. The number of carbonyl (C=O) groups is 1. The van der Waals surface area contributed by atoms with E-state index in [0.717, 1.165) is 26.0 Å². The number of aromatic nitrogens is 2. The van der Waals surface area contributed by atoms with Crippen LogP contribution in [0.5, 0.6) is 11.5 Å². The number of nitrogens with zero attached hydrogens (tertiary/aromatic N) is 3. The topological polar surface area (TPSA) is 103 Å². The number of carboxylic acids is 1. The van der Waals surface area contributed by atoms with Gasteiger partial charge in [0, 0.05) is 5.56 Å². The summed E-state index contributed by atoms with van der Waals surface area (Å²) >= 11 is 2.08. The van der Waals surface area contributed by atoms with Crippen molar-refractivity contribution in [2.75, 3.05) is 7.11 Å². The minimum atomic E-state index is -1.04. The monoisotopic (exact) mass is 625 g/mol. The molecule has 1 heterocycles. The Hall–Kier alpha value is -3.73. The Balaban J connectivity index is 1.85. The Bertz CT molecular complexity index is 1610. The second-order valence-electron chi connectivity index (χ2n) is 9.17. The first-order valence-electron chi connectivity index (χ1n) is 12.0. The number of benzene rings is 3. The van der Waals surface area contributed by atoms with Gasteiger partial charge in [0.05, 0.1) is 27.8 Å². The van der Waals surface area contributed by atoms with Crippen LogP contribution >= 0.6 is 22.6 Å². The second kappa shape index (κ2) is 11.3. The van der Waals surface area contributed by atoms with Gasteiger partial charge < -0.3 is 14.6 Å². The molecule has 4 aromatic rings. The molecule has 3 aromatic carbocycles. The summed E-state index contributed by atoms with van der Waals surface area (Å²) in [7, 11) is 1.65. The van der Waals surface area contributed by atoms with Crippen LogP contribution in [0.2, 0.25) is 0 Å². The SMILES string of the molecule is COc1cc(C)c(-c2nc3ccccc3c(=O)n2N=Cc2ccc(O[C@@H](C)C(=O)O)c(I)c2)cc1C(C)C. The van der Waals surface area contributed by atoms with E-state index in [-0.39, 0.29) is 11.5 Å². The third kappa shape index (κ3) is 5.57. The molecule has 1 aromatic heterocycles. The number of carboxylic acid groups (broad SMARTS) is 1. The Morgan fingerprint density at radius 1 is 1.11 bits per heavy atom. The van der Waals surface area contributed by atoms with Gasteiger partial charge in [0.2, 0.25) is 0 Å². The van der Waals surface area contributed by atoms with Gasteiger partial charge in [-0.25, -0.2) is 9.78 Å². The number of ether oxygens (including phenoxy) is 2.